The lowest BCUT2D eigenvalue weighted by Gasteiger charge is -2.23. The topological polar surface area (TPSA) is 48.3 Å². The summed E-state index contributed by atoms with van der Waals surface area (Å²) in [6.45, 7) is 1.84. The van der Waals surface area contributed by atoms with Crippen molar-refractivity contribution in [3.63, 3.8) is 0 Å². The molecule has 0 saturated carbocycles. The van der Waals surface area contributed by atoms with Crippen LogP contribution in [-0.2, 0) is 13.5 Å². The van der Waals surface area contributed by atoms with Crippen LogP contribution in [0, 0.1) is 0 Å². The van der Waals surface area contributed by atoms with Crippen LogP contribution in [0.4, 0.5) is 18.9 Å². The molecule has 2 aromatic rings. The molecule has 0 aliphatic carbocycles. The number of ether oxygens (including phenoxy) is 2. The van der Waals surface area contributed by atoms with E-state index in [1.165, 1.54) is 37.1 Å². The maximum absolute atomic E-state index is 13.6. The van der Waals surface area contributed by atoms with Gasteiger partial charge in [0.15, 0.2) is 11.5 Å². The van der Waals surface area contributed by atoms with Gasteiger partial charge in [-0.25, -0.2) is 0 Å². The fourth-order valence-electron chi connectivity index (χ4n) is 2.46. The zero-order valence-corrected chi connectivity index (χ0v) is 13.9. The van der Waals surface area contributed by atoms with Gasteiger partial charge in [-0.2, -0.15) is 18.3 Å². The van der Waals surface area contributed by atoms with Crippen molar-refractivity contribution in [1.82, 2.24) is 9.78 Å². The molecule has 1 unspecified atom stereocenters. The van der Waals surface area contributed by atoms with Crippen LogP contribution in [0.1, 0.15) is 24.2 Å². The van der Waals surface area contributed by atoms with Crippen molar-refractivity contribution in [3.05, 3.63) is 35.7 Å². The Morgan fingerprint density at radius 2 is 1.88 bits per heavy atom. The Balaban J connectivity index is 2.42. The third kappa shape index (κ3) is 3.74. The van der Waals surface area contributed by atoms with E-state index in [9.17, 15) is 13.2 Å². The molecule has 0 amide bonds. The molecule has 132 valence electrons. The first-order valence-electron chi connectivity index (χ1n) is 7.37. The number of hydrogen-bond donors (Lipinski definition) is 1. The van der Waals surface area contributed by atoms with Gasteiger partial charge in [-0.05, 0) is 24.1 Å². The van der Waals surface area contributed by atoms with E-state index < -0.39 is 12.2 Å². The standard InChI is InChI=1S/C16H20F3N3O2/c1-5-11-12(9-22(2)21-11)20-15(16(17,18)19)10-6-7-13(23-3)14(8-10)24-4/h6-9,15,20H,5H2,1-4H3. The van der Waals surface area contributed by atoms with Gasteiger partial charge in [0.25, 0.3) is 0 Å². The number of alkyl halides is 3. The molecular weight excluding hydrogens is 323 g/mol. The molecule has 0 aliphatic rings. The highest BCUT2D eigenvalue weighted by atomic mass is 19.4. The van der Waals surface area contributed by atoms with E-state index in [0.717, 1.165) is 0 Å². The van der Waals surface area contributed by atoms with Gasteiger partial charge >= 0.3 is 6.18 Å². The highest BCUT2D eigenvalue weighted by molar-refractivity contribution is 5.51. The Kier molecular flexibility index (Phi) is 5.26. The fourth-order valence-corrected chi connectivity index (χ4v) is 2.46. The van der Waals surface area contributed by atoms with Gasteiger partial charge in [0, 0.05) is 13.2 Å². The molecule has 1 atom stereocenters. The molecule has 1 heterocycles. The van der Waals surface area contributed by atoms with Crippen molar-refractivity contribution in [3.8, 4) is 11.5 Å². The molecule has 0 bridgehead atoms. The van der Waals surface area contributed by atoms with Crippen LogP contribution in [-0.4, -0.2) is 30.2 Å². The van der Waals surface area contributed by atoms with Gasteiger partial charge in [0.2, 0.25) is 0 Å². The lowest BCUT2D eigenvalue weighted by molar-refractivity contribution is -0.144. The number of benzene rings is 1. The Morgan fingerprint density at radius 3 is 2.42 bits per heavy atom. The van der Waals surface area contributed by atoms with E-state index in [1.54, 1.807) is 13.2 Å². The van der Waals surface area contributed by atoms with Crippen molar-refractivity contribution < 1.29 is 22.6 Å². The first-order chi connectivity index (χ1) is 11.3. The zero-order valence-electron chi connectivity index (χ0n) is 13.9. The number of nitrogens with one attached hydrogen (secondary N) is 1. The minimum absolute atomic E-state index is 0.0334. The summed E-state index contributed by atoms with van der Waals surface area (Å²) in [5.74, 6) is 0.616. The number of rotatable bonds is 6. The Labute approximate surface area is 138 Å². The molecular formula is C16H20F3N3O2. The second-order valence-corrected chi connectivity index (χ2v) is 5.25. The minimum atomic E-state index is -4.49. The minimum Gasteiger partial charge on any atom is -0.493 e. The molecule has 2 rings (SSSR count). The number of aryl methyl sites for hydroxylation is 2. The van der Waals surface area contributed by atoms with Crippen LogP contribution in [0.5, 0.6) is 11.5 Å². The Hall–Kier alpha value is -2.38. The molecule has 1 N–H and O–H groups in total. The maximum atomic E-state index is 13.6. The van der Waals surface area contributed by atoms with E-state index >= 15 is 0 Å². The summed E-state index contributed by atoms with van der Waals surface area (Å²) >= 11 is 0. The van der Waals surface area contributed by atoms with E-state index in [4.69, 9.17) is 9.47 Å². The summed E-state index contributed by atoms with van der Waals surface area (Å²) in [5, 5.41) is 6.72. The predicted molar refractivity (Wildman–Crippen MR) is 84.6 cm³/mol. The lowest BCUT2D eigenvalue weighted by Crippen LogP contribution is -2.28. The van der Waals surface area contributed by atoms with Crippen molar-refractivity contribution in [1.29, 1.82) is 0 Å². The quantitative estimate of drug-likeness (QED) is 0.869. The molecule has 0 spiro atoms. The lowest BCUT2D eigenvalue weighted by atomic mass is 10.0. The third-order valence-electron chi connectivity index (χ3n) is 3.61. The molecule has 5 nitrogen and oxygen atoms in total. The van der Waals surface area contributed by atoms with Gasteiger partial charge in [-0.1, -0.05) is 13.0 Å². The van der Waals surface area contributed by atoms with Crippen molar-refractivity contribution >= 4 is 5.69 Å². The van der Waals surface area contributed by atoms with Gasteiger partial charge < -0.3 is 14.8 Å². The molecule has 1 aromatic heterocycles. The van der Waals surface area contributed by atoms with Crippen LogP contribution < -0.4 is 14.8 Å². The van der Waals surface area contributed by atoms with Crippen molar-refractivity contribution in [2.75, 3.05) is 19.5 Å². The van der Waals surface area contributed by atoms with Crippen LogP contribution >= 0.6 is 0 Å². The third-order valence-corrected chi connectivity index (χ3v) is 3.61. The van der Waals surface area contributed by atoms with E-state index in [2.05, 4.69) is 10.4 Å². The van der Waals surface area contributed by atoms with Crippen molar-refractivity contribution in [2.45, 2.75) is 25.6 Å². The number of hydrogen-bond acceptors (Lipinski definition) is 4. The van der Waals surface area contributed by atoms with E-state index in [1.807, 2.05) is 6.92 Å². The number of nitrogens with zero attached hydrogens (tertiary/aromatic N) is 2. The second-order valence-electron chi connectivity index (χ2n) is 5.25. The summed E-state index contributed by atoms with van der Waals surface area (Å²) in [6.07, 6.45) is -2.42. The molecule has 1 aromatic carbocycles. The molecule has 8 heteroatoms. The number of methoxy groups -OCH3 is 2. The van der Waals surface area contributed by atoms with E-state index in [-0.39, 0.29) is 11.3 Å². The first kappa shape index (κ1) is 18.0. The average Bonchev–Trinajstić information content (AvgIpc) is 2.90. The molecule has 0 radical (unpaired) electrons. The molecule has 0 fully saturated rings. The number of aromatic nitrogens is 2. The summed E-state index contributed by atoms with van der Waals surface area (Å²) < 4.78 is 52.4. The van der Waals surface area contributed by atoms with Crippen LogP contribution in [0.15, 0.2) is 24.4 Å². The van der Waals surface area contributed by atoms with Gasteiger partial charge in [-0.15, -0.1) is 0 Å². The Morgan fingerprint density at radius 1 is 1.21 bits per heavy atom. The van der Waals surface area contributed by atoms with Crippen LogP contribution in [0.2, 0.25) is 0 Å². The maximum Gasteiger partial charge on any atom is 0.412 e. The van der Waals surface area contributed by atoms with E-state index in [0.29, 0.717) is 23.6 Å². The zero-order chi connectivity index (χ0) is 17.9. The SMILES string of the molecule is CCc1nn(C)cc1NC(c1ccc(OC)c(OC)c1)C(F)(F)F. The van der Waals surface area contributed by atoms with Crippen LogP contribution in [0.3, 0.4) is 0 Å². The molecule has 0 saturated heterocycles. The summed E-state index contributed by atoms with van der Waals surface area (Å²) in [5.41, 5.74) is 0.968. The highest BCUT2D eigenvalue weighted by Gasteiger charge is 2.41. The van der Waals surface area contributed by atoms with Gasteiger partial charge in [-0.3, -0.25) is 4.68 Å². The summed E-state index contributed by atoms with van der Waals surface area (Å²) in [4.78, 5) is 0. The van der Waals surface area contributed by atoms with Crippen LogP contribution in [0.25, 0.3) is 0 Å². The predicted octanol–water partition coefficient (Wildman–Crippen LogP) is 3.72. The number of anilines is 1. The monoisotopic (exact) mass is 343 g/mol. The number of halogens is 3. The Bertz CT molecular complexity index is 698. The largest absolute Gasteiger partial charge is 0.493 e. The molecule has 0 aliphatic heterocycles. The van der Waals surface area contributed by atoms with Gasteiger partial charge in [0.05, 0.1) is 25.6 Å². The normalized spacial score (nSPS) is 12.8. The summed E-state index contributed by atoms with van der Waals surface area (Å²) in [7, 11) is 4.48. The second kappa shape index (κ2) is 7.02. The fraction of sp³-hybridized carbons (Fsp3) is 0.438. The van der Waals surface area contributed by atoms with Gasteiger partial charge in [0.1, 0.15) is 6.04 Å². The smallest absolute Gasteiger partial charge is 0.412 e. The molecule has 24 heavy (non-hydrogen) atoms. The van der Waals surface area contributed by atoms with Crippen molar-refractivity contribution in [2.24, 2.45) is 7.05 Å². The average molecular weight is 343 g/mol. The summed E-state index contributed by atoms with van der Waals surface area (Å²) in [6, 6.07) is 2.27. The highest BCUT2D eigenvalue weighted by Crippen LogP contribution is 2.39. The first-order valence-corrected chi connectivity index (χ1v) is 7.37.